The number of benzene rings is 2. The van der Waals surface area contributed by atoms with Crippen LogP contribution in [0.4, 0.5) is 5.69 Å². The van der Waals surface area contributed by atoms with Crippen LogP contribution in [0.25, 0.3) is 10.6 Å². The maximum atomic E-state index is 12.2. The zero-order valence-corrected chi connectivity index (χ0v) is 15.9. The van der Waals surface area contributed by atoms with Crippen LogP contribution in [-0.4, -0.2) is 16.1 Å². The largest absolute Gasteiger partial charge is 0.326 e. The van der Waals surface area contributed by atoms with Gasteiger partial charge in [-0.1, -0.05) is 51.0 Å². The first kappa shape index (κ1) is 17.1. The van der Waals surface area contributed by atoms with Crippen LogP contribution in [0.15, 0.2) is 46.9 Å². The quantitative estimate of drug-likeness (QED) is 0.635. The number of aromatic nitrogens is 2. The van der Waals surface area contributed by atoms with Crippen LogP contribution < -0.4 is 5.32 Å². The third kappa shape index (κ3) is 4.20. The molecule has 0 radical (unpaired) electrons. The second-order valence-corrected chi connectivity index (χ2v) is 7.58. The zero-order valence-electron chi connectivity index (χ0n) is 12.7. The number of rotatable bonds is 4. The molecule has 0 aliphatic carbocycles. The van der Waals surface area contributed by atoms with Crippen molar-refractivity contribution in [1.82, 2.24) is 10.2 Å². The number of carbonyl (C=O) groups excluding carboxylic acids is 1. The second kappa shape index (κ2) is 7.42. The summed E-state index contributed by atoms with van der Waals surface area (Å²) in [6.07, 6.45) is 0.190. The van der Waals surface area contributed by atoms with E-state index in [1.165, 1.54) is 11.3 Å². The van der Waals surface area contributed by atoms with Crippen molar-refractivity contribution in [2.75, 3.05) is 5.32 Å². The first-order valence-corrected chi connectivity index (χ1v) is 9.14. The molecule has 2 aromatic carbocycles. The molecule has 1 heterocycles. The van der Waals surface area contributed by atoms with Gasteiger partial charge in [0.25, 0.3) is 0 Å². The van der Waals surface area contributed by atoms with Crippen LogP contribution >= 0.6 is 38.9 Å². The van der Waals surface area contributed by atoms with Crippen LogP contribution in [0, 0.1) is 6.92 Å². The predicted molar refractivity (Wildman–Crippen MR) is 102 cm³/mol. The topological polar surface area (TPSA) is 54.9 Å². The molecule has 1 aromatic heterocycles. The summed E-state index contributed by atoms with van der Waals surface area (Å²) in [5.74, 6) is -0.129. The molecule has 122 valence electrons. The predicted octanol–water partition coefficient (Wildman–Crippen LogP) is 5.11. The summed E-state index contributed by atoms with van der Waals surface area (Å²) < 4.78 is 1.01. The molecule has 0 unspecified atom stereocenters. The van der Waals surface area contributed by atoms with E-state index in [1.54, 1.807) is 12.1 Å². The molecule has 3 aromatic rings. The second-order valence-electron chi connectivity index (χ2n) is 5.20. The van der Waals surface area contributed by atoms with Crippen molar-refractivity contribution < 1.29 is 4.79 Å². The summed E-state index contributed by atoms with van der Waals surface area (Å²) in [6, 6.07) is 13.2. The van der Waals surface area contributed by atoms with Crippen molar-refractivity contribution in [3.05, 3.63) is 62.5 Å². The van der Waals surface area contributed by atoms with Crippen molar-refractivity contribution in [3.8, 4) is 10.6 Å². The van der Waals surface area contributed by atoms with E-state index in [1.807, 2.05) is 37.3 Å². The summed E-state index contributed by atoms with van der Waals surface area (Å²) in [5.41, 5.74) is 2.62. The number of hydrogen-bond donors (Lipinski definition) is 1. The number of halogens is 2. The van der Waals surface area contributed by atoms with Gasteiger partial charge >= 0.3 is 0 Å². The van der Waals surface area contributed by atoms with E-state index in [0.29, 0.717) is 10.0 Å². The molecule has 0 spiro atoms. The minimum atomic E-state index is -0.129. The Morgan fingerprint density at radius 2 is 1.96 bits per heavy atom. The standard InChI is InChI=1S/C17H13BrClN3OS/c1-10-8-13(6-7-14(10)19)20-15(23)9-16-21-22-17(24-16)11-2-4-12(18)5-3-11/h2-8H,9H2,1H3,(H,20,23). The van der Waals surface area contributed by atoms with Crippen molar-refractivity contribution in [1.29, 1.82) is 0 Å². The monoisotopic (exact) mass is 421 g/mol. The molecule has 7 heteroatoms. The highest BCUT2D eigenvalue weighted by Gasteiger charge is 2.11. The van der Waals surface area contributed by atoms with Gasteiger partial charge in [0.2, 0.25) is 5.91 Å². The smallest absolute Gasteiger partial charge is 0.231 e. The molecule has 1 amide bonds. The molecule has 3 rings (SSSR count). The number of carbonyl (C=O) groups is 1. The van der Waals surface area contributed by atoms with Crippen LogP contribution in [0.1, 0.15) is 10.6 Å². The Labute approximate surface area is 157 Å². The van der Waals surface area contributed by atoms with E-state index in [-0.39, 0.29) is 12.3 Å². The fourth-order valence-corrected chi connectivity index (χ4v) is 3.32. The molecule has 1 N–H and O–H groups in total. The van der Waals surface area contributed by atoms with Gasteiger partial charge in [0, 0.05) is 20.7 Å². The minimum Gasteiger partial charge on any atom is -0.326 e. The molecular formula is C17H13BrClN3OS. The van der Waals surface area contributed by atoms with E-state index in [0.717, 1.165) is 26.3 Å². The lowest BCUT2D eigenvalue weighted by Gasteiger charge is -2.05. The Balaban J connectivity index is 1.66. The maximum absolute atomic E-state index is 12.2. The van der Waals surface area contributed by atoms with Crippen molar-refractivity contribution in [3.63, 3.8) is 0 Å². The number of nitrogens with one attached hydrogen (secondary N) is 1. The third-order valence-corrected chi connectivity index (χ3v) is 5.24. The lowest BCUT2D eigenvalue weighted by atomic mass is 10.2. The first-order valence-electron chi connectivity index (χ1n) is 7.15. The number of aryl methyl sites for hydroxylation is 1. The molecular weight excluding hydrogens is 410 g/mol. The highest BCUT2D eigenvalue weighted by molar-refractivity contribution is 9.10. The van der Waals surface area contributed by atoms with Gasteiger partial charge in [-0.05, 0) is 42.8 Å². The maximum Gasteiger partial charge on any atom is 0.231 e. The Bertz CT molecular complexity index is 880. The summed E-state index contributed by atoms with van der Waals surface area (Å²) in [4.78, 5) is 12.2. The van der Waals surface area contributed by atoms with Gasteiger partial charge < -0.3 is 5.32 Å². The third-order valence-electron chi connectivity index (χ3n) is 3.31. The van der Waals surface area contributed by atoms with Crippen LogP contribution in [0.2, 0.25) is 5.02 Å². The molecule has 0 aliphatic rings. The number of hydrogen-bond acceptors (Lipinski definition) is 4. The molecule has 0 bridgehead atoms. The SMILES string of the molecule is Cc1cc(NC(=O)Cc2nnc(-c3ccc(Br)cc3)s2)ccc1Cl. The average molecular weight is 423 g/mol. The summed E-state index contributed by atoms with van der Waals surface area (Å²) in [6.45, 7) is 1.90. The van der Waals surface area contributed by atoms with Gasteiger partial charge in [0.1, 0.15) is 10.0 Å². The van der Waals surface area contributed by atoms with Crippen molar-refractivity contribution in [2.45, 2.75) is 13.3 Å². The Hall–Kier alpha value is -1.76. The summed E-state index contributed by atoms with van der Waals surface area (Å²) in [7, 11) is 0. The van der Waals surface area contributed by atoms with Crippen LogP contribution in [-0.2, 0) is 11.2 Å². The fourth-order valence-electron chi connectivity index (χ4n) is 2.10. The molecule has 4 nitrogen and oxygen atoms in total. The normalized spacial score (nSPS) is 10.6. The lowest BCUT2D eigenvalue weighted by Crippen LogP contribution is -2.14. The van der Waals surface area contributed by atoms with Gasteiger partial charge in [-0.2, -0.15) is 0 Å². The van der Waals surface area contributed by atoms with Crippen LogP contribution in [0.5, 0.6) is 0 Å². The molecule has 0 aliphatic heterocycles. The molecule has 0 fully saturated rings. The first-order chi connectivity index (χ1) is 11.5. The van der Waals surface area contributed by atoms with E-state index in [9.17, 15) is 4.79 Å². The average Bonchev–Trinajstić information content (AvgIpc) is 3.00. The highest BCUT2D eigenvalue weighted by Crippen LogP contribution is 2.25. The van der Waals surface area contributed by atoms with Gasteiger partial charge in [0.15, 0.2) is 0 Å². The van der Waals surface area contributed by atoms with Crippen molar-refractivity contribution >= 4 is 50.5 Å². The molecule has 0 saturated carbocycles. The fraction of sp³-hybridized carbons (Fsp3) is 0.118. The Morgan fingerprint density at radius 3 is 2.67 bits per heavy atom. The van der Waals surface area contributed by atoms with Gasteiger partial charge in [-0.3, -0.25) is 4.79 Å². The van der Waals surface area contributed by atoms with E-state index in [2.05, 4.69) is 31.4 Å². The zero-order chi connectivity index (χ0) is 17.1. The highest BCUT2D eigenvalue weighted by atomic mass is 79.9. The summed E-state index contributed by atoms with van der Waals surface area (Å²) >= 11 is 10.8. The Kier molecular flexibility index (Phi) is 5.28. The van der Waals surface area contributed by atoms with E-state index in [4.69, 9.17) is 11.6 Å². The van der Waals surface area contributed by atoms with Crippen LogP contribution in [0.3, 0.4) is 0 Å². The number of nitrogens with zero attached hydrogens (tertiary/aromatic N) is 2. The molecule has 24 heavy (non-hydrogen) atoms. The van der Waals surface area contributed by atoms with Gasteiger partial charge in [-0.25, -0.2) is 0 Å². The van der Waals surface area contributed by atoms with Gasteiger partial charge in [0.05, 0.1) is 6.42 Å². The van der Waals surface area contributed by atoms with Crippen molar-refractivity contribution in [2.24, 2.45) is 0 Å². The lowest BCUT2D eigenvalue weighted by molar-refractivity contribution is -0.115. The number of amides is 1. The molecule has 0 atom stereocenters. The van der Waals surface area contributed by atoms with E-state index < -0.39 is 0 Å². The molecule has 0 saturated heterocycles. The Morgan fingerprint density at radius 1 is 1.21 bits per heavy atom. The van der Waals surface area contributed by atoms with Gasteiger partial charge in [-0.15, -0.1) is 10.2 Å². The summed E-state index contributed by atoms with van der Waals surface area (Å²) in [5, 5.41) is 13.3. The number of anilines is 1. The minimum absolute atomic E-state index is 0.129. The van der Waals surface area contributed by atoms with E-state index >= 15 is 0 Å².